The second-order valence-corrected chi connectivity index (χ2v) is 8.84. The van der Waals surface area contributed by atoms with E-state index in [9.17, 15) is 18.0 Å². The van der Waals surface area contributed by atoms with Crippen molar-refractivity contribution in [3.05, 3.63) is 52.0 Å². The van der Waals surface area contributed by atoms with Gasteiger partial charge in [0.1, 0.15) is 0 Å². The van der Waals surface area contributed by atoms with Crippen LogP contribution in [0.3, 0.4) is 0 Å². The van der Waals surface area contributed by atoms with E-state index in [0.717, 1.165) is 14.9 Å². The maximum absolute atomic E-state index is 12.4. The molecule has 0 aliphatic carbocycles. The third kappa shape index (κ3) is 5.98. The summed E-state index contributed by atoms with van der Waals surface area (Å²) < 4.78 is 25.7. The number of hydrogen-bond acceptors (Lipinski definition) is 6. The zero-order chi connectivity index (χ0) is 20.0. The molecule has 27 heavy (non-hydrogen) atoms. The zero-order valence-corrected chi connectivity index (χ0v) is 16.7. The van der Waals surface area contributed by atoms with Gasteiger partial charge in [0, 0.05) is 18.5 Å². The van der Waals surface area contributed by atoms with Crippen molar-refractivity contribution in [1.29, 1.82) is 0 Å². The average Bonchev–Trinajstić information content (AvgIpc) is 3.04. The van der Waals surface area contributed by atoms with E-state index in [0.29, 0.717) is 5.69 Å². The topological polar surface area (TPSA) is 108 Å². The summed E-state index contributed by atoms with van der Waals surface area (Å²) in [7, 11) is -2.50. The molecular weight excluding hydrogens is 388 g/mol. The third-order valence-electron chi connectivity index (χ3n) is 3.46. The lowest BCUT2D eigenvalue weighted by Crippen LogP contribution is -2.46. The minimum Gasteiger partial charge on any atom is -0.272 e. The molecule has 0 fully saturated rings. The quantitative estimate of drug-likeness (QED) is 0.552. The van der Waals surface area contributed by atoms with Crippen molar-refractivity contribution in [2.75, 3.05) is 13.6 Å². The van der Waals surface area contributed by atoms with Crippen LogP contribution in [0.5, 0.6) is 0 Å². The highest BCUT2D eigenvalue weighted by molar-refractivity contribution is 7.89. The Bertz CT molecular complexity index is 950. The highest BCUT2D eigenvalue weighted by Gasteiger charge is 2.22. The largest absolute Gasteiger partial charge is 0.272 e. The number of benzene rings is 1. The van der Waals surface area contributed by atoms with E-state index in [1.54, 1.807) is 17.5 Å². The number of nitrogens with zero attached hydrogens (tertiary/aromatic N) is 2. The molecule has 0 radical (unpaired) electrons. The van der Waals surface area contributed by atoms with Crippen molar-refractivity contribution in [1.82, 2.24) is 20.1 Å². The van der Waals surface area contributed by atoms with Gasteiger partial charge in [0.15, 0.2) is 0 Å². The van der Waals surface area contributed by atoms with Crippen LogP contribution in [-0.4, -0.2) is 43.1 Å². The number of carbonyl (C=O) groups excluding carboxylic acids is 2. The van der Waals surface area contributed by atoms with Crippen LogP contribution < -0.4 is 10.9 Å². The number of thiazole rings is 1. The number of amides is 2. The molecule has 0 bridgehead atoms. The zero-order valence-electron chi connectivity index (χ0n) is 15.1. The van der Waals surface area contributed by atoms with E-state index in [1.165, 1.54) is 42.7 Å². The Hall–Kier alpha value is -2.56. The highest BCUT2D eigenvalue weighted by atomic mass is 32.2. The molecule has 0 atom stereocenters. The number of sulfonamides is 1. The molecule has 0 spiro atoms. The molecule has 0 saturated carbocycles. The van der Waals surface area contributed by atoms with E-state index >= 15 is 0 Å². The standard InChI is InChI=1S/C17H20N4O4S2/c1-12-4-7-15(8-5-12)27(24,25)21(3)10-17(23)20-19-16(22)9-6-14-11-26-13(2)18-14/h4-9,11H,10H2,1-3H3,(H,19,22)(H,20,23)/b9-6+. The van der Waals surface area contributed by atoms with Crippen LogP contribution in [0.2, 0.25) is 0 Å². The maximum atomic E-state index is 12.4. The number of aromatic nitrogens is 1. The lowest BCUT2D eigenvalue weighted by molar-refractivity contribution is -0.126. The second-order valence-electron chi connectivity index (χ2n) is 5.74. The van der Waals surface area contributed by atoms with E-state index < -0.39 is 28.4 Å². The first-order valence-electron chi connectivity index (χ1n) is 7.90. The van der Waals surface area contributed by atoms with Gasteiger partial charge in [0.2, 0.25) is 10.0 Å². The van der Waals surface area contributed by atoms with Crippen molar-refractivity contribution < 1.29 is 18.0 Å². The van der Waals surface area contributed by atoms with Crippen molar-refractivity contribution in [2.45, 2.75) is 18.7 Å². The number of nitrogens with one attached hydrogen (secondary N) is 2. The van der Waals surface area contributed by atoms with Crippen LogP contribution in [0.15, 0.2) is 40.6 Å². The fraction of sp³-hybridized carbons (Fsp3) is 0.235. The number of likely N-dealkylation sites (N-methyl/N-ethyl adjacent to an activating group) is 1. The molecule has 1 aromatic heterocycles. The van der Waals surface area contributed by atoms with E-state index in [2.05, 4.69) is 15.8 Å². The Labute approximate surface area is 161 Å². The Morgan fingerprint density at radius 2 is 1.85 bits per heavy atom. The lowest BCUT2D eigenvalue weighted by Gasteiger charge is -2.17. The van der Waals surface area contributed by atoms with E-state index in [-0.39, 0.29) is 4.90 Å². The summed E-state index contributed by atoms with van der Waals surface area (Å²) in [5, 5.41) is 2.67. The van der Waals surface area contributed by atoms with Crippen LogP contribution in [0.4, 0.5) is 0 Å². The Morgan fingerprint density at radius 3 is 2.44 bits per heavy atom. The first-order chi connectivity index (χ1) is 12.7. The number of hydrogen-bond donors (Lipinski definition) is 2. The van der Waals surface area contributed by atoms with E-state index in [1.807, 2.05) is 13.8 Å². The third-order valence-corrected chi connectivity index (χ3v) is 6.07. The van der Waals surface area contributed by atoms with Crippen LogP contribution in [0.1, 0.15) is 16.3 Å². The van der Waals surface area contributed by atoms with Crippen LogP contribution in [0, 0.1) is 13.8 Å². The van der Waals surface area contributed by atoms with Crippen molar-refractivity contribution in [2.24, 2.45) is 0 Å². The van der Waals surface area contributed by atoms with E-state index in [4.69, 9.17) is 0 Å². The number of rotatable bonds is 6. The van der Waals surface area contributed by atoms with Crippen LogP contribution >= 0.6 is 11.3 Å². The molecule has 2 N–H and O–H groups in total. The minimum atomic E-state index is -3.79. The first-order valence-corrected chi connectivity index (χ1v) is 10.2. The summed E-state index contributed by atoms with van der Waals surface area (Å²) in [6, 6.07) is 6.31. The molecule has 0 aliphatic heterocycles. The molecule has 2 amide bonds. The van der Waals surface area contributed by atoms with Gasteiger partial charge in [-0.15, -0.1) is 11.3 Å². The number of carbonyl (C=O) groups is 2. The normalized spacial score (nSPS) is 11.7. The Kier molecular flexibility index (Phi) is 6.83. The fourth-order valence-corrected chi connectivity index (χ4v) is 3.72. The van der Waals surface area contributed by atoms with Crippen LogP contribution in [0.25, 0.3) is 6.08 Å². The number of hydrazine groups is 1. The molecule has 1 aromatic carbocycles. The molecule has 10 heteroatoms. The van der Waals surface area contributed by atoms with Gasteiger partial charge in [0.25, 0.3) is 11.8 Å². The molecule has 1 heterocycles. The second kappa shape index (κ2) is 8.89. The fourth-order valence-electron chi connectivity index (χ4n) is 2.01. The molecule has 144 valence electrons. The maximum Gasteiger partial charge on any atom is 0.262 e. The lowest BCUT2D eigenvalue weighted by atomic mass is 10.2. The summed E-state index contributed by atoms with van der Waals surface area (Å²) in [5.74, 6) is -1.22. The predicted molar refractivity (Wildman–Crippen MR) is 103 cm³/mol. The predicted octanol–water partition coefficient (Wildman–Crippen LogP) is 1.24. The molecule has 2 aromatic rings. The monoisotopic (exact) mass is 408 g/mol. The molecule has 8 nitrogen and oxygen atoms in total. The molecular formula is C17H20N4O4S2. The van der Waals surface area contributed by atoms with Crippen molar-refractivity contribution in [3.8, 4) is 0 Å². The van der Waals surface area contributed by atoms with Gasteiger partial charge < -0.3 is 0 Å². The van der Waals surface area contributed by atoms with Gasteiger partial charge in [-0.25, -0.2) is 13.4 Å². The first kappa shape index (κ1) is 20.7. The summed E-state index contributed by atoms with van der Waals surface area (Å²) >= 11 is 1.46. The molecule has 0 saturated heterocycles. The molecule has 0 unspecified atom stereocenters. The highest BCUT2D eigenvalue weighted by Crippen LogP contribution is 2.14. The Balaban J connectivity index is 1.86. The van der Waals surface area contributed by atoms with Crippen molar-refractivity contribution >= 4 is 39.3 Å². The summed E-state index contributed by atoms with van der Waals surface area (Å²) in [6.45, 7) is 3.26. The van der Waals surface area contributed by atoms with Crippen molar-refractivity contribution in [3.63, 3.8) is 0 Å². The smallest absolute Gasteiger partial charge is 0.262 e. The summed E-state index contributed by atoms with van der Waals surface area (Å²) in [4.78, 5) is 27.9. The van der Waals surface area contributed by atoms with Gasteiger partial charge in [-0.3, -0.25) is 20.4 Å². The van der Waals surface area contributed by atoms with Gasteiger partial charge in [-0.2, -0.15) is 4.31 Å². The molecule has 0 aliphatic rings. The van der Waals surface area contributed by atoms with Crippen LogP contribution in [-0.2, 0) is 19.6 Å². The SMILES string of the molecule is Cc1ccc(S(=O)(=O)N(C)CC(=O)NNC(=O)/C=C/c2csc(C)n2)cc1. The van der Waals surface area contributed by atoms with Gasteiger partial charge in [0.05, 0.1) is 22.1 Å². The van der Waals surface area contributed by atoms with Gasteiger partial charge in [-0.1, -0.05) is 17.7 Å². The minimum absolute atomic E-state index is 0.0916. The number of aryl methyl sites for hydroxylation is 2. The Morgan fingerprint density at radius 1 is 1.19 bits per heavy atom. The van der Waals surface area contributed by atoms with Gasteiger partial charge >= 0.3 is 0 Å². The summed E-state index contributed by atoms with van der Waals surface area (Å²) in [5.41, 5.74) is 5.94. The van der Waals surface area contributed by atoms with Gasteiger partial charge in [-0.05, 0) is 32.1 Å². The molecule has 2 rings (SSSR count). The average molecular weight is 409 g/mol. The summed E-state index contributed by atoms with van der Waals surface area (Å²) in [6.07, 6.45) is 2.74.